The quantitative estimate of drug-likeness (QED) is 0.504. The molecular weight excluding hydrogens is 388 g/mol. The van der Waals surface area contributed by atoms with Crippen LogP contribution in [0.3, 0.4) is 0 Å². The summed E-state index contributed by atoms with van der Waals surface area (Å²) in [5.41, 5.74) is 3.31. The monoisotopic (exact) mass is 410 g/mol. The molecule has 2 aromatic heterocycles. The van der Waals surface area contributed by atoms with E-state index in [-0.39, 0.29) is 12.0 Å². The Labute approximate surface area is 173 Å². The molecule has 29 heavy (non-hydrogen) atoms. The number of methoxy groups -OCH3 is 1. The molecule has 0 radical (unpaired) electrons. The lowest BCUT2D eigenvalue weighted by Gasteiger charge is -2.08. The van der Waals surface area contributed by atoms with E-state index in [9.17, 15) is 9.59 Å². The molecule has 1 aromatic carbocycles. The van der Waals surface area contributed by atoms with Crippen LogP contribution >= 0.6 is 11.3 Å². The molecule has 0 aliphatic heterocycles. The normalized spacial score (nSPS) is 10.3. The molecule has 2 heterocycles. The van der Waals surface area contributed by atoms with E-state index in [1.165, 1.54) is 18.4 Å². The molecule has 0 aliphatic carbocycles. The third-order valence-electron chi connectivity index (χ3n) is 4.07. The standard InChI is InChI=1S/C21H22N4O3S/c1-3-23-17-11-18(29-19(17)20(26)28-2)15-6-8-16(9-7-15)25-21(27)24-13-14-5-4-10-22-12-14/h4-12,23H,3,13H2,1-2H3,(H2,24,25,27). The van der Waals surface area contributed by atoms with Crippen LogP contribution in [0, 0.1) is 0 Å². The number of nitrogens with one attached hydrogen (secondary N) is 3. The summed E-state index contributed by atoms with van der Waals surface area (Å²) in [5, 5.41) is 8.78. The molecular formula is C21H22N4O3S. The third-order valence-corrected chi connectivity index (χ3v) is 5.24. The van der Waals surface area contributed by atoms with Crippen LogP contribution in [0.2, 0.25) is 0 Å². The van der Waals surface area contributed by atoms with Gasteiger partial charge >= 0.3 is 12.0 Å². The van der Waals surface area contributed by atoms with Gasteiger partial charge < -0.3 is 20.7 Å². The third kappa shape index (κ3) is 5.32. The van der Waals surface area contributed by atoms with Crippen molar-refractivity contribution < 1.29 is 14.3 Å². The van der Waals surface area contributed by atoms with E-state index in [1.54, 1.807) is 12.4 Å². The van der Waals surface area contributed by atoms with Crippen molar-refractivity contribution in [1.82, 2.24) is 10.3 Å². The van der Waals surface area contributed by atoms with Crippen LogP contribution in [0.1, 0.15) is 22.2 Å². The largest absolute Gasteiger partial charge is 0.465 e. The van der Waals surface area contributed by atoms with E-state index < -0.39 is 0 Å². The molecule has 3 rings (SSSR count). The molecule has 0 atom stereocenters. The Balaban J connectivity index is 1.65. The molecule has 0 spiro atoms. The summed E-state index contributed by atoms with van der Waals surface area (Å²) >= 11 is 1.37. The summed E-state index contributed by atoms with van der Waals surface area (Å²) in [7, 11) is 1.37. The lowest BCUT2D eigenvalue weighted by molar-refractivity contribution is 0.0607. The van der Waals surface area contributed by atoms with Gasteiger partial charge in [0.15, 0.2) is 0 Å². The molecule has 3 aromatic rings. The van der Waals surface area contributed by atoms with Gasteiger partial charge in [0.2, 0.25) is 0 Å². The van der Waals surface area contributed by atoms with Crippen LogP contribution in [0.4, 0.5) is 16.2 Å². The van der Waals surface area contributed by atoms with E-state index in [0.717, 1.165) is 21.7 Å². The van der Waals surface area contributed by atoms with E-state index in [4.69, 9.17) is 4.74 Å². The van der Waals surface area contributed by atoms with Crippen molar-refractivity contribution in [1.29, 1.82) is 0 Å². The number of pyridine rings is 1. The Morgan fingerprint density at radius 3 is 2.62 bits per heavy atom. The summed E-state index contributed by atoms with van der Waals surface area (Å²) in [6.07, 6.45) is 3.40. The minimum atomic E-state index is -0.360. The summed E-state index contributed by atoms with van der Waals surface area (Å²) in [4.78, 5) is 29.5. The van der Waals surface area contributed by atoms with Gasteiger partial charge in [0.05, 0.1) is 12.8 Å². The lowest BCUT2D eigenvalue weighted by atomic mass is 10.1. The van der Waals surface area contributed by atoms with Crippen LogP contribution in [0.25, 0.3) is 10.4 Å². The Bertz CT molecular complexity index is 971. The molecule has 0 bridgehead atoms. The number of thiophene rings is 1. The molecule has 2 amide bonds. The number of esters is 1. The second kappa shape index (κ2) is 9.70. The van der Waals surface area contributed by atoms with E-state index >= 15 is 0 Å². The number of carbonyl (C=O) groups excluding carboxylic acids is 2. The van der Waals surface area contributed by atoms with Gasteiger partial charge in [-0.1, -0.05) is 18.2 Å². The molecule has 0 fully saturated rings. The van der Waals surface area contributed by atoms with Crippen molar-refractivity contribution in [2.45, 2.75) is 13.5 Å². The smallest absolute Gasteiger partial charge is 0.350 e. The number of benzene rings is 1. The van der Waals surface area contributed by atoms with Crippen molar-refractivity contribution in [3.8, 4) is 10.4 Å². The molecule has 7 nitrogen and oxygen atoms in total. The van der Waals surface area contributed by atoms with Crippen LogP contribution < -0.4 is 16.0 Å². The topological polar surface area (TPSA) is 92.4 Å². The highest BCUT2D eigenvalue weighted by atomic mass is 32.1. The van der Waals surface area contributed by atoms with E-state index in [0.29, 0.717) is 23.7 Å². The highest BCUT2D eigenvalue weighted by molar-refractivity contribution is 7.18. The maximum atomic E-state index is 12.1. The number of carbonyl (C=O) groups is 2. The van der Waals surface area contributed by atoms with Gasteiger partial charge in [-0.2, -0.15) is 0 Å². The van der Waals surface area contributed by atoms with Gasteiger partial charge in [0.1, 0.15) is 4.88 Å². The van der Waals surface area contributed by atoms with Crippen LogP contribution in [-0.2, 0) is 11.3 Å². The summed E-state index contributed by atoms with van der Waals surface area (Å²) in [6, 6.07) is 12.8. The van der Waals surface area contributed by atoms with Gasteiger partial charge in [-0.25, -0.2) is 9.59 Å². The fourth-order valence-corrected chi connectivity index (χ4v) is 3.74. The Morgan fingerprint density at radius 1 is 1.17 bits per heavy atom. The minimum Gasteiger partial charge on any atom is -0.465 e. The van der Waals surface area contributed by atoms with E-state index in [1.807, 2.05) is 49.4 Å². The number of hydrogen-bond donors (Lipinski definition) is 3. The average Bonchev–Trinajstić information content (AvgIpc) is 3.17. The zero-order valence-corrected chi connectivity index (χ0v) is 17.0. The zero-order valence-electron chi connectivity index (χ0n) is 16.2. The second-order valence-corrected chi connectivity index (χ2v) is 7.17. The average molecular weight is 410 g/mol. The molecule has 3 N–H and O–H groups in total. The number of rotatable bonds is 7. The van der Waals surface area contributed by atoms with Crippen LogP contribution in [0.5, 0.6) is 0 Å². The number of anilines is 2. The highest BCUT2D eigenvalue weighted by Crippen LogP contribution is 2.35. The predicted octanol–water partition coefficient (Wildman–Crippen LogP) is 4.35. The molecule has 0 unspecified atom stereocenters. The molecule has 8 heteroatoms. The SMILES string of the molecule is CCNc1cc(-c2ccc(NC(=O)NCc3cccnc3)cc2)sc1C(=O)OC. The number of nitrogens with zero attached hydrogens (tertiary/aromatic N) is 1. The van der Waals surface area contributed by atoms with Gasteiger partial charge in [0.25, 0.3) is 0 Å². The predicted molar refractivity (Wildman–Crippen MR) is 115 cm³/mol. The number of urea groups is 1. The minimum absolute atomic E-state index is 0.292. The first kappa shape index (κ1) is 20.3. The van der Waals surface area contributed by atoms with Crippen LogP contribution in [-0.4, -0.2) is 30.6 Å². The summed E-state index contributed by atoms with van der Waals surface area (Å²) < 4.78 is 4.86. The van der Waals surface area contributed by atoms with Gasteiger partial charge in [0, 0.05) is 36.0 Å². The van der Waals surface area contributed by atoms with Crippen molar-refractivity contribution >= 4 is 34.7 Å². The molecule has 0 saturated carbocycles. The van der Waals surface area contributed by atoms with E-state index in [2.05, 4.69) is 20.9 Å². The maximum absolute atomic E-state index is 12.1. The zero-order chi connectivity index (χ0) is 20.6. The number of amides is 2. The first-order valence-corrected chi connectivity index (χ1v) is 9.92. The summed E-state index contributed by atoms with van der Waals surface area (Å²) in [5.74, 6) is -0.360. The first-order chi connectivity index (χ1) is 14.1. The van der Waals surface area contributed by atoms with Gasteiger partial charge in [-0.05, 0) is 42.3 Å². The van der Waals surface area contributed by atoms with Crippen molar-refractivity contribution in [2.24, 2.45) is 0 Å². The number of ether oxygens (including phenoxy) is 1. The first-order valence-electron chi connectivity index (χ1n) is 9.11. The number of hydrogen-bond acceptors (Lipinski definition) is 6. The highest BCUT2D eigenvalue weighted by Gasteiger charge is 2.17. The van der Waals surface area contributed by atoms with Gasteiger partial charge in [-0.3, -0.25) is 4.98 Å². The summed E-state index contributed by atoms with van der Waals surface area (Å²) in [6.45, 7) is 3.08. The fraction of sp³-hybridized carbons (Fsp3) is 0.190. The van der Waals surface area contributed by atoms with Crippen molar-refractivity contribution in [3.05, 3.63) is 65.3 Å². The van der Waals surface area contributed by atoms with Gasteiger partial charge in [-0.15, -0.1) is 11.3 Å². The van der Waals surface area contributed by atoms with Crippen molar-refractivity contribution in [2.75, 3.05) is 24.3 Å². The Morgan fingerprint density at radius 2 is 1.97 bits per heavy atom. The maximum Gasteiger partial charge on any atom is 0.350 e. The molecule has 0 aliphatic rings. The lowest BCUT2D eigenvalue weighted by Crippen LogP contribution is -2.28. The van der Waals surface area contributed by atoms with Crippen molar-refractivity contribution in [3.63, 3.8) is 0 Å². The number of aromatic nitrogens is 1. The second-order valence-electron chi connectivity index (χ2n) is 6.12. The molecule has 0 saturated heterocycles. The Kier molecular flexibility index (Phi) is 6.80. The molecule has 150 valence electrons. The van der Waals surface area contributed by atoms with Crippen LogP contribution in [0.15, 0.2) is 54.9 Å². The Hall–Kier alpha value is -3.39. The fourth-order valence-electron chi connectivity index (χ4n) is 2.68.